The fourth-order valence-corrected chi connectivity index (χ4v) is 5.03. The summed E-state index contributed by atoms with van der Waals surface area (Å²) in [7, 11) is 0. The van der Waals surface area contributed by atoms with E-state index in [4.69, 9.17) is 5.73 Å². The molecule has 0 aliphatic rings. The minimum Gasteiger partial charge on any atom is -0.387 e. The Hall–Kier alpha value is -4.09. The van der Waals surface area contributed by atoms with E-state index >= 15 is 0 Å². The summed E-state index contributed by atoms with van der Waals surface area (Å²) >= 11 is 0. The molecule has 0 saturated heterocycles. The van der Waals surface area contributed by atoms with Gasteiger partial charge in [0, 0.05) is 56.1 Å². The van der Waals surface area contributed by atoms with Gasteiger partial charge in [-0.15, -0.1) is 0 Å². The molecule has 0 bridgehead atoms. The van der Waals surface area contributed by atoms with Crippen LogP contribution in [0.25, 0.3) is 11.1 Å². The SMILES string of the molecule is [CH2]C(=O)NCCNC(=O)[C@@H](N)CCN(C(=O)CO)[C@@H](c1cc(-c2cc(F)ccc2F)cn1Cc1ccccc1)C(C)(C)C. The molecule has 1 heterocycles. The molecule has 0 aliphatic carbocycles. The zero-order valence-electron chi connectivity index (χ0n) is 24.8. The molecule has 43 heavy (non-hydrogen) atoms. The molecule has 0 fully saturated rings. The molecule has 9 nitrogen and oxygen atoms in total. The number of aliphatic hydroxyl groups excluding tert-OH is 1. The van der Waals surface area contributed by atoms with Crippen molar-refractivity contribution in [1.29, 1.82) is 0 Å². The molecule has 231 valence electrons. The largest absolute Gasteiger partial charge is 0.387 e. The second-order valence-electron chi connectivity index (χ2n) is 11.4. The zero-order valence-corrected chi connectivity index (χ0v) is 24.8. The van der Waals surface area contributed by atoms with Crippen molar-refractivity contribution in [3.05, 3.63) is 90.6 Å². The number of benzene rings is 2. The Morgan fingerprint density at radius 1 is 1.05 bits per heavy atom. The van der Waals surface area contributed by atoms with Gasteiger partial charge in [-0.05, 0) is 41.7 Å². The van der Waals surface area contributed by atoms with Crippen LogP contribution in [0.3, 0.4) is 0 Å². The van der Waals surface area contributed by atoms with Gasteiger partial charge in [-0.3, -0.25) is 14.4 Å². The van der Waals surface area contributed by atoms with Gasteiger partial charge in [-0.2, -0.15) is 0 Å². The van der Waals surface area contributed by atoms with Gasteiger partial charge in [0.2, 0.25) is 17.7 Å². The van der Waals surface area contributed by atoms with Crippen LogP contribution in [0.4, 0.5) is 8.78 Å². The first-order valence-corrected chi connectivity index (χ1v) is 14.0. The van der Waals surface area contributed by atoms with Crippen LogP contribution >= 0.6 is 0 Å². The summed E-state index contributed by atoms with van der Waals surface area (Å²) in [4.78, 5) is 38.2. The highest BCUT2D eigenvalue weighted by Crippen LogP contribution is 2.41. The molecular formula is C32H40F2N5O4. The minimum atomic E-state index is -0.974. The third-order valence-electron chi connectivity index (χ3n) is 7.00. The van der Waals surface area contributed by atoms with Crippen LogP contribution in [0.1, 0.15) is 44.5 Å². The van der Waals surface area contributed by atoms with Crippen LogP contribution in [0, 0.1) is 24.0 Å². The monoisotopic (exact) mass is 596 g/mol. The molecule has 0 spiro atoms. The van der Waals surface area contributed by atoms with Crippen molar-refractivity contribution in [1.82, 2.24) is 20.1 Å². The summed E-state index contributed by atoms with van der Waals surface area (Å²) in [5, 5.41) is 15.1. The molecule has 1 radical (unpaired) electrons. The average molecular weight is 597 g/mol. The molecule has 1 aromatic heterocycles. The van der Waals surface area contributed by atoms with Gasteiger partial charge in [0.05, 0.1) is 12.1 Å². The molecule has 3 amide bonds. The normalized spacial score (nSPS) is 12.8. The molecule has 0 unspecified atom stereocenters. The first-order valence-electron chi connectivity index (χ1n) is 14.0. The molecular weight excluding hydrogens is 556 g/mol. The molecule has 3 rings (SSSR count). The fourth-order valence-electron chi connectivity index (χ4n) is 5.03. The van der Waals surface area contributed by atoms with E-state index in [0.717, 1.165) is 23.8 Å². The van der Waals surface area contributed by atoms with Crippen molar-refractivity contribution in [2.24, 2.45) is 11.1 Å². The van der Waals surface area contributed by atoms with E-state index in [2.05, 4.69) is 17.6 Å². The van der Waals surface area contributed by atoms with Crippen LogP contribution in [0.15, 0.2) is 60.8 Å². The maximum absolute atomic E-state index is 14.9. The Kier molecular flexibility index (Phi) is 11.6. The standard InChI is InChI=1S/C32H40F2N5O4/c1-21(41)36-13-14-37-31(43)27(35)12-15-39(29(42)20-40)30(32(2,3)4)28-16-23(25-17-24(33)10-11-26(25)34)19-38(28)18-22-8-6-5-7-9-22/h5-11,16-17,19,27,30,40H,1,12-15,18,20,35H2,2-4H3,(H,36,41)(H,37,43)/t27-,30-/m0/s1. The third-order valence-corrected chi connectivity index (χ3v) is 7.00. The Labute approximate surface area is 251 Å². The number of hydrogen-bond donors (Lipinski definition) is 4. The molecule has 2 aromatic carbocycles. The van der Waals surface area contributed by atoms with E-state index in [0.29, 0.717) is 17.8 Å². The van der Waals surface area contributed by atoms with Gasteiger partial charge >= 0.3 is 0 Å². The lowest BCUT2D eigenvalue weighted by molar-refractivity contribution is -0.140. The van der Waals surface area contributed by atoms with E-state index < -0.39 is 53.5 Å². The van der Waals surface area contributed by atoms with Gasteiger partial charge < -0.3 is 30.9 Å². The molecule has 0 aliphatic heterocycles. The summed E-state index contributed by atoms with van der Waals surface area (Å²) < 4.78 is 31.0. The van der Waals surface area contributed by atoms with E-state index in [-0.39, 0.29) is 31.6 Å². The number of nitrogens with one attached hydrogen (secondary N) is 2. The maximum atomic E-state index is 14.9. The van der Waals surface area contributed by atoms with Crippen LogP contribution in [-0.4, -0.2) is 64.6 Å². The van der Waals surface area contributed by atoms with Gasteiger partial charge in [-0.1, -0.05) is 51.1 Å². The van der Waals surface area contributed by atoms with Crippen molar-refractivity contribution < 1.29 is 28.3 Å². The lowest BCUT2D eigenvalue weighted by atomic mass is 9.82. The third kappa shape index (κ3) is 9.20. The number of rotatable bonds is 13. The number of aromatic nitrogens is 1. The predicted molar refractivity (Wildman–Crippen MR) is 160 cm³/mol. The smallest absolute Gasteiger partial charge is 0.248 e. The molecule has 2 atom stereocenters. The number of aliphatic hydroxyl groups is 1. The van der Waals surface area contributed by atoms with Crippen molar-refractivity contribution in [2.75, 3.05) is 26.2 Å². The number of amides is 3. The summed E-state index contributed by atoms with van der Waals surface area (Å²) in [6.07, 6.45) is 1.81. The molecule has 0 saturated carbocycles. The Balaban J connectivity index is 2.00. The lowest BCUT2D eigenvalue weighted by Gasteiger charge is -2.41. The second kappa shape index (κ2) is 14.9. The van der Waals surface area contributed by atoms with Crippen molar-refractivity contribution in [3.63, 3.8) is 0 Å². The first-order chi connectivity index (χ1) is 20.3. The Morgan fingerprint density at radius 2 is 1.72 bits per heavy atom. The quantitative estimate of drug-likeness (QED) is 0.225. The number of hydrogen-bond acceptors (Lipinski definition) is 5. The number of halogens is 2. The van der Waals surface area contributed by atoms with Gasteiger partial charge in [0.1, 0.15) is 18.2 Å². The van der Waals surface area contributed by atoms with Gasteiger partial charge in [0.25, 0.3) is 0 Å². The minimum absolute atomic E-state index is 0.0334. The summed E-state index contributed by atoms with van der Waals surface area (Å²) in [5.74, 6) is -2.67. The lowest BCUT2D eigenvalue weighted by Crippen LogP contribution is -2.48. The summed E-state index contributed by atoms with van der Waals surface area (Å²) in [5.41, 5.74) is 7.64. The fraction of sp³-hybridized carbons (Fsp3) is 0.375. The Morgan fingerprint density at radius 3 is 2.35 bits per heavy atom. The average Bonchev–Trinajstić information content (AvgIpc) is 3.35. The topological polar surface area (TPSA) is 130 Å². The van der Waals surface area contributed by atoms with E-state index in [1.807, 2.05) is 55.7 Å². The highest BCUT2D eigenvalue weighted by Gasteiger charge is 2.37. The highest BCUT2D eigenvalue weighted by atomic mass is 19.1. The highest BCUT2D eigenvalue weighted by molar-refractivity contribution is 5.82. The number of nitrogens with zero attached hydrogens (tertiary/aromatic N) is 2. The number of carbonyl (C=O) groups is 3. The molecule has 5 N–H and O–H groups in total. The molecule has 3 aromatic rings. The second-order valence-corrected chi connectivity index (χ2v) is 11.4. The van der Waals surface area contributed by atoms with Crippen LogP contribution in [0.2, 0.25) is 0 Å². The number of nitrogens with two attached hydrogens (primary N) is 1. The van der Waals surface area contributed by atoms with Crippen LogP contribution < -0.4 is 16.4 Å². The zero-order chi connectivity index (χ0) is 31.7. The van der Waals surface area contributed by atoms with Crippen molar-refractivity contribution >= 4 is 17.7 Å². The van der Waals surface area contributed by atoms with Crippen LogP contribution in [0.5, 0.6) is 0 Å². The Bertz CT molecular complexity index is 1400. The maximum Gasteiger partial charge on any atom is 0.248 e. The van der Waals surface area contributed by atoms with Crippen LogP contribution in [-0.2, 0) is 20.9 Å². The van der Waals surface area contributed by atoms with E-state index in [1.165, 1.54) is 4.90 Å². The van der Waals surface area contributed by atoms with E-state index in [9.17, 15) is 28.3 Å². The number of carbonyl (C=O) groups excluding carboxylic acids is 3. The van der Waals surface area contributed by atoms with Gasteiger partial charge in [0.15, 0.2) is 0 Å². The van der Waals surface area contributed by atoms with Crippen molar-refractivity contribution in [3.8, 4) is 11.1 Å². The summed E-state index contributed by atoms with van der Waals surface area (Å²) in [6, 6.07) is 12.9. The van der Waals surface area contributed by atoms with E-state index in [1.54, 1.807) is 12.3 Å². The summed E-state index contributed by atoms with van der Waals surface area (Å²) in [6.45, 7) is 8.98. The van der Waals surface area contributed by atoms with Gasteiger partial charge in [-0.25, -0.2) is 8.78 Å². The molecule has 11 heteroatoms. The van der Waals surface area contributed by atoms with Crippen molar-refractivity contribution in [2.45, 2.75) is 45.8 Å². The first kappa shape index (κ1) is 33.4. The predicted octanol–water partition coefficient (Wildman–Crippen LogP) is 3.17.